The van der Waals surface area contributed by atoms with Crippen molar-refractivity contribution in [2.75, 3.05) is 0 Å². The molecule has 25 heavy (non-hydrogen) atoms. The molecule has 3 rings (SSSR count). The third-order valence-electron chi connectivity index (χ3n) is 4.15. The van der Waals surface area contributed by atoms with E-state index in [9.17, 15) is 19.1 Å². The number of rotatable bonds is 5. The molecular formula is C19H17FN2O3. The molecule has 0 saturated heterocycles. The molecule has 0 aliphatic rings. The first kappa shape index (κ1) is 16.8. The summed E-state index contributed by atoms with van der Waals surface area (Å²) in [6.45, 7) is 1.38. The van der Waals surface area contributed by atoms with Crippen molar-refractivity contribution in [1.29, 1.82) is 0 Å². The van der Waals surface area contributed by atoms with E-state index < -0.39 is 11.5 Å². The normalized spacial score (nSPS) is 11.0. The number of aliphatic carboxylic acids is 1. The van der Waals surface area contributed by atoms with Crippen LogP contribution in [0.2, 0.25) is 0 Å². The van der Waals surface area contributed by atoms with Crippen LogP contribution in [0.5, 0.6) is 0 Å². The summed E-state index contributed by atoms with van der Waals surface area (Å²) in [6.07, 6.45) is 0.603. The minimum atomic E-state index is -1.03. The van der Waals surface area contributed by atoms with Crippen molar-refractivity contribution in [2.24, 2.45) is 0 Å². The summed E-state index contributed by atoms with van der Waals surface area (Å²) in [7, 11) is 0. The summed E-state index contributed by atoms with van der Waals surface area (Å²) in [5.41, 5.74) is 1.18. The molecule has 6 heteroatoms. The Morgan fingerprint density at radius 1 is 1.16 bits per heavy atom. The quantitative estimate of drug-likeness (QED) is 0.775. The Morgan fingerprint density at radius 3 is 2.68 bits per heavy atom. The lowest BCUT2D eigenvalue weighted by molar-refractivity contribution is -0.137. The van der Waals surface area contributed by atoms with E-state index >= 15 is 0 Å². The molecule has 1 heterocycles. The lowest BCUT2D eigenvalue weighted by atomic mass is 10.1. The van der Waals surface area contributed by atoms with Gasteiger partial charge in [-0.25, -0.2) is 4.39 Å². The highest BCUT2D eigenvalue weighted by atomic mass is 19.1. The van der Waals surface area contributed by atoms with Crippen LogP contribution in [0.25, 0.3) is 10.9 Å². The van der Waals surface area contributed by atoms with E-state index in [0.717, 1.165) is 0 Å². The van der Waals surface area contributed by atoms with Gasteiger partial charge >= 0.3 is 5.97 Å². The van der Waals surface area contributed by atoms with Gasteiger partial charge in [0.1, 0.15) is 18.2 Å². The van der Waals surface area contributed by atoms with Crippen molar-refractivity contribution in [3.05, 3.63) is 75.6 Å². The summed E-state index contributed by atoms with van der Waals surface area (Å²) in [4.78, 5) is 27.5. The van der Waals surface area contributed by atoms with Crippen LogP contribution in [-0.2, 0) is 24.2 Å². The van der Waals surface area contributed by atoms with Gasteiger partial charge in [-0.05, 0) is 36.6 Å². The van der Waals surface area contributed by atoms with Gasteiger partial charge in [0.2, 0.25) is 0 Å². The molecule has 0 bridgehead atoms. The van der Waals surface area contributed by atoms with Crippen LogP contribution >= 0.6 is 0 Å². The minimum absolute atomic E-state index is 0.272. The number of carboxylic acid groups (broad SMARTS) is 1. The maximum atomic E-state index is 14.2. The van der Waals surface area contributed by atoms with Gasteiger partial charge < -0.3 is 9.67 Å². The van der Waals surface area contributed by atoms with E-state index in [1.165, 1.54) is 4.57 Å². The average Bonchev–Trinajstić information content (AvgIpc) is 2.59. The number of aryl methyl sites for hydroxylation is 3. The number of carboxylic acids is 1. The molecule has 5 nitrogen and oxygen atoms in total. The second kappa shape index (κ2) is 6.84. The number of para-hydroxylation sites is 1. The standard InChI is InChI=1S/C19H17FN2O3/c1-12-5-4-6-13(18(12)20)9-10-16-21-19(25)14-7-2-3-8-15(14)22(16)11-17(23)24/h2-8H,9-11H2,1H3,(H,23,24). The Bertz CT molecular complexity index is 1010. The van der Waals surface area contributed by atoms with Crippen LogP contribution in [0, 0.1) is 12.7 Å². The van der Waals surface area contributed by atoms with Crippen LogP contribution < -0.4 is 5.56 Å². The van der Waals surface area contributed by atoms with Gasteiger partial charge in [-0.2, -0.15) is 4.98 Å². The summed E-state index contributed by atoms with van der Waals surface area (Å²) in [5, 5.41) is 9.57. The Balaban J connectivity index is 2.04. The number of nitrogens with zero attached hydrogens (tertiary/aromatic N) is 2. The summed E-state index contributed by atoms with van der Waals surface area (Å²) >= 11 is 0. The van der Waals surface area contributed by atoms with E-state index in [2.05, 4.69) is 4.98 Å². The number of aromatic nitrogens is 2. The molecule has 0 aliphatic heterocycles. The minimum Gasteiger partial charge on any atom is -0.480 e. The van der Waals surface area contributed by atoms with Crippen molar-refractivity contribution in [1.82, 2.24) is 9.55 Å². The summed E-state index contributed by atoms with van der Waals surface area (Å²) in [6, 6.07) is 11.9. The molecule has 0 unspecified atom stereocenters. The monoisotopic (exact) mass is 340 g/mol. The second-order valence-corrected chi connectivity index (χ2v) is 5.88. The van der Waals surface area contributed by atoms with E-state index in [1.54, 1.807) is 49.4 Å². The molecule has 128 valence electrons. The first-order valence-corrected chi connectivity index (χ1v) is 7.91. The van der Waals surface area contributed by atoms with Gasteiger partial charge in [-0.1, -0.05) is 30.3 Å². The Labute approximate surface area is 143 Å². The number of benzene rings is 2. The Morgan fingerprint density at radius 2 is 1.92 bits per heavy atom. The van der Waals surface area contributed by atoms with Crippen LogP contribution in [0.1, 0.15) is 17.0 Å². The highest BCUT2D eigenvalue weighted by Gasteiger charge is 2.14. The van der Waals surface area contributed by atoms with E-state index in [1.807, 2.05) is 0 Å². The van der Waals surface area contributed by atoms with Crippen molar-refractivity contribution in [3.63, 3.8) is 0 Å². The molecule has 1 aromatic heterocycles. The molecule has 0 saturated carbocycles. The summed E-state index contributed by atoms with van der Waals surface area (Å²) in [5.74, 6) is -0.971. The fourth-order valence-electron chi connectivity index (χ4n) is 2.92. The number of halogens is 1. The van der Waals surface area contributed by atoms with Gasteiger partial charge in [0.05, 0.1) is 10.9 Å². The zero-order valence-electron chi connectivity index (χ0n) is 13.7. The van der Waals surface area contributed by atoms with E-state index in [-0.39, 0.29) is 18.8 Å². The Kier molecular flexibility index (Phi) is 4.61. The maximum Gasteiger partial charge on any atom is 0.323 e. The highest BCUT2D eigenvalue weighted by molar-refractivity contribution is 5.79. The SMILES string of the molecule is Cc1cccc(CCc2nc(=O)c3ccccc3n2CC(=O)O)c1F. The Hall–Kier alpha value is -3.02. The molecule has 1 N–H and O–H groups in total. The van der Waals surface area contributed by atoms with Gasteiger partial charge in [-0.3, -0.25) is 9.59 Å². The summed E-state index contributed by atoms with van der Waals surface area (Å²) < 4.78 is 15.7. The lowest BCUT2D eigenvalue weighted by Crippen LogP contribution is -2.22. The second-order valence-electron chi connectivity index (χ2n) is 5.88. The zero-order chi connectivity index (χ0) is 18.0. The first-order valence-electron chi connectivity index (χ1n) is 7.91. The van der Waals surface area contributed by atoms with Crippen LogP contribution in [0.3, 0.4) is 0 Å². The van der Waals surface area contributed by atoms with E-state index in [4.69, 9.17) is 0 Å². The van der Waals surface area contributed by atoms with Gasteiger partial charge in [0.15, 0.2) is 0 Å². The number of hydrogen-bond donors (Lipinski definition) is 1. The predicted octanol–water partition coefficient (Wildman–Crippen LogP) is 2.71. The molecule has 0 spiro atoms. The van der Waals surface area contributed by atoms with Crippen LogP contribution in [0.4, 0.5) is 4.39 Å². The molecule has 2 aromatic carbocycles. The number of fused-ring (bicyclic) bond motifs is 1. The average molecular weight is 340 g/mol. The number of hydrogen-bond acceptors (Lipinski definition) is 3. The zero-order valence-corrected chi connectivity index (χ0v) is 13.7. The first-order chi connectivity index (χ1) is 12.0. The highest BCUT2D eigenvalue weighted by Crippen LogP contribution is 2.16. The molecule has 0 atom stereocenters. The molecule has 0 radical (unpaired) electrons. The van der Waals surface area contributed by atoms with Crippen molar-refractivity contribution in [2.45, 2.75) is 26.3 Å². The lowest BCUT2D eigenvalue weighted by Gasteiger charge is -2.14. The fourth-order valence-corrected chi connectivity index (χ4v) is 2.92. The number of carbonyl (C=O) groups is 1. The molecule has 0 aliphatic carbocycles. The third-order valence-corrected chi connectivity index (χ3v) is 4.15. The van der Waals surface area contributed by atoms with Gasteiger partial charge in [0, 0.05) is 6.42 Å². The van der Waals surface area contributed by atoms with Crippen LogP contribution in [-0.4, -0.2) is 20.6 Å². The molecule has 0 amide bonds. The third kappa shape index (κ3) is 3.42. The topological polar surface area (TPSA) is 72.2 Å². The molecular weight excluding hydrogens is 323 g/mol. The van der Waals surface area contributed by atoms with Crippen molar-refractivity contribution >= 4 is 16.9 Å². The smallest absolute Gasteiger partial charge is 0.323 e. The molecule has 3 aromatic rings. The molecule has 0 fully saturated rings. The largest absolute Gasteiger partial charge is 0.480 e. The van der Waals surface area contributed by atoms with Crippen LogP contribution in [0.15, 0.2) is 47.3 Å². The predicted molar refractivity (Wildman–Crippen MR) is 92.2 cm³/mol. The van der Waals surface area contributed by atoms with Gasteiger partial charge in [-0.15, -0.1) is 0 Å². The van der Waals surface area contributed by atoms with Gasteiger partial charge in [0.25, 0.3) is 5.56 Å². The van der Waals surface area contributed by atoms with E-state index in [0.29, 0.717) is 34.3 Å². The van der Waals surface area contributed by atoms with Crippen molar-refractivity contribution < 1.29 is 14.3 Å². The van der Waals surface area contributed by atoms with Crippen molar-refractivity contribution in [3.8, 4) is 0 Å². The fraction of sp³-hybridized carbons (Fsp3) is 0.211. The maximum absolute atomic E-state index is 14.2.